The number of aromatic nitrogens is 1. The molecule has 0 amide bonds. The van der Waals surface area contributed by atoms with Gasteiger partial charge in [0.2, 0.25) is 0 Å². The van der Waals surface area contributed by atoms with Crippen molar-refractivity contribution >= 4 is 31.9 Å². The summed E-state index contributed by atoms with van der Waals surface area (Å²) in [6.45, 7) is 6.17. The monoisotopic (exact) mass is 346 g/mol. The smallest absolute Gasteiger partial charge is 0.0718 e. The molecular formula is C12H16Br2N2. The largest absolute Gasteiger partial charge is 0.311 e. The summed E-state index contributed by atoms with van der Waals surface area (Å²) in [6, 6.07) is 2.23. The van der Waals surface area contributed by atoms with Gasteiger partial charge in [-0.3, -0.25) is 4.98 Å². The van der Waals surface area contributed by atoms with Crippen LogP contribution in [0.2, 0.25) is 0 Å². The first-order valence-electron chi connectivity index (χ1n) is 5.23. The van der Waals surface area contributed by atoms with Gasteiger partial charge in [0.1, 0.15) is 0 Å². The number of halogens is 2. The molecule has 1 aromatic heterocycles. The lowest BCUT2D eigenvalue weighted by molar-refractivity contribution is 0.564. The van der Waals surface area contributed by atoms with Gasteiger partial charge in [0.25, 0.3) is 0 Å². The second-order valence-electron chi connectivity index (χ2n) is 3.67. The van der Waals surface area contributed by atoms with Crippen molar-refractivity contribution in [3.05, 3.63) is 39.1 Å². The maximum atomic E-state index is 4.44. The number of rotatable bonds is 5. The summed E-state index contributed by atoms with van der Waals surface area (Å²) >= 11 is 6.94. The van der Waals surface area contributed by atoms with Crippen LogP contribution in [0, 0.1) is 0 Å². The molecule has 88 valence electrons. The number of pyridine rings is 1. The average Bonchev–Trinajstić information content (AvgIpc) is 2.26. The van der Waals surface area contributed by atoms with Crippen molar-refractivity contribution in [1.82, 2.24) is 10.3 Å². The highest BCUT2D eigenvalue weighted by atomic mass is 79.9. The Kier molecular flexibility index (Phi) is 5.66. The molecule has 4 heteroatoms. The molecule has 0 saturated heterocycles. The molecule has 0 aliphatic heterocycles. The molecule has 16 heavy (non-hydrogen) atoms. The number of hydrogen-bond acceptors (Lipinski definition) is 2. The van der Waals surface area contributed by atoms with Crippen LogP contribution in [-0.4, -0.2) is 12.0 Å². The summed E-state index contributed by atoms with van der Waals surface area (Å²) in [4.78, 5) is 4.44. The first kappa shape index (κ1) is 13.9. The second kappa shape index (κ2) is 6.52. The molecule has 1 N–H and O–H groups in total. The minimum atomic E-state index is 0.218. The van der Waals surface area contributed by atoms with Gasteiger partial charge in [0.05, 0.1) is 11.7 Å². The molecule has 0 spiro atoms. The van der Waals surface area contributed by atoms with Crippen LogP contribution in [0.15, 0.2) is 33.4 Å². The van der Waals surface area contributed by atoms with Crippen LogP contribution in [0.5, 0.6) is 0 Å². The molecule has 1 rings (SSSR count). The molecule has 0 fully saturated rings. The predicted octanol–water partition coefficient (Wildman–Crippen LogP) is 4.22. The van der Waals surface area contributed by atoms with Crippen molar-refractivity contribution in [3.63, 3.8) is 0 Å². The summed E-state index contributed by atoms with van der Waals surface area (Å²) in [6.07, 6.45) is 3.74. The van der Waals surface area contributed by atoms with E-state index in [0.29, 0.717) is 0 Å². The van der Waals surface area contributed by atoms with Crippen LogP contribution in [-0.2, 0) is 0 Å². The molecule has 0 aliphatic carbocycles. The summed E-state index contributed by atoms with van der Waals surface area (Å²) in [5.41, 5.74) is 2.26. The van der Waals surface area contributed by atoms with Gasteiger partial charge in [-0.25, -0.2) is 0 Å². The Morgan fingerprint density at radius 3 is 2.75 bits per heavy atom. The maximum absolute atomic E-state index is 4.44. The number of nitrogens with one attached hydrogen (secondary N) is 1. The van der Waals surface area contributed by atoms with E-state index >= 15 is 0 Å². The Morgan fingerprint density at radius 2 is 2.25 bits per heavy atom. The lowest BCUT2D eigenvalue weighted by atomic mass is 10.0. The first-order valence-corrected chi connectivity index (χ1v) is 6.82. The third kappa shape index (κ3) is 3.68. The number of nitrogens with zero attached hydrogens (tertiary/aromatic N) is 1. The summed E-state index contributed by atoms with van der Waals surface area (Å²) in [5.74, 6) is 0. The minimum absolute atomic E-state index is 0.218. The van der Waals surface area contributed by atoms with Crippen LogP contribution >= 0.6 is 31.9 Å². The van der Waals surface area contributed by atoms with Crippen molar-refractivity contribution in [1.29, 1.82) is 0 Å². The molecule has 1 aromatic rings. The number of hydrogen-bond donors (Lipinski definition) is 1. The second-order valence-corrected chi connectivity index (χ2v) is 5.44. The lowest BCUT2D eigenvalue weighted by Crippen LogP contribution is -2.18. The Bertz CT molecular complexity index is 377. The molecule has 1 unspecified atom stereocenters. The van der Waals surface area contributed by atoms with E-state index in [1.807, 2.05) is 19.3 Å². The molecule has 1 heterocycles. The first-order chi connectivity index (χ1) is 7.58. The molecule has 0 saturated carbocycles. The van der Waals surface area contributed by atoms with E-state index in [0.717, 1.165) is 27.5 Å². The fraction of sp³-hybridized carbons (Fsp3) is 0.417. The quantitative estimate of drug-likeness (QED) is 0.806. The Hall–Kier alpha value is -0.190. The highest BCUT2D eigenvalue weighted by Crippen LogP contribution is 2.28. The fourth-order valence-electron chi connectivity index (χ4n) is 1.45. The summed E-state index contributed by atoms with van der Waals surface area (Å²) in [7, 11) is 1.95. The average molecular weight is 348 g/mol. The van der Waals surface area contributed by atoms with Gasteiger partial charge in [-0.05, 0) is 57.8 Å². The molecular weight excluding hydrogens is 332 g/mol. The van der Waals surface area contributed by atoms with E-state index in [1.165, 1.54) is 5.57 Å². The van der Waals surface area contributed by atoms with Crippen LogP contribution in [0.3, 0.4) is 0 Å². The lowest BCUT2D eigenvalue weighted by Gasteiger charge is -2.18. The Balaban J connectivity index is 2.90. The van der Waals surface area contributed by atoms with Crippen LogP contribution in [0.4, 0.5) is 0 Å². The molecule has 0 aromatic carbocycles. The maximum Gasteiger partial charge on any atom is 0.0718 e. The van der Waals surface area contributed by atoms with Crippen molar-refractivity contribution in [2.24, 2.45) is 0 Å². The van der Waals surface area contributed by atoms with Crippen LogP contribution in [0.1, 0.15) is 31.5 Å². The summed E-state index contributed by atoms with van der Waals surface area (Å²) in [5, 5.41) is 3.28. The Labute approximate surface area is 114 Å². The van der Waals surface area contributed by atoms with Crippen molar-refractivity contribution < 1.29 is 0 Å². The Morgan fingerprint density at radius 1 is 1.56 bits per heavy atom. The highest BCUT2D eigenvalue weighted by molar-refractivity contribution is 9.11. The zero-order valence-electron chi connectivity index (χ0n) is 9.56. The van der Waals surface area contributed by atoms with Gasteiger partial charge in [-0.2, -0.15) is 0 Å². The fourth-order valence-corrected chi connectivity index (χ4v) is 2.71. The molecule has 2 nitrogen and oxygen atoms in total. The van der Waals surface area contributed by atoms with Crippen LogP contribution < -0.4 is 5.32 Å². The van der Waals surface area contributed by atoms with E-state index in [2.05, 4.69) is 55.7 Å². The molecule has 0 bridgehead atoms. The minimum Gasteiger partial charge on any atom is -0.311 e. The van der Waals surface area contributed by atoms with Gasteiger partial charge in [0, 0.05) is 15.1 Å². The van der Waals surface area contributed by atoms with E-state index in [-0.39, 0.29) is 6.04 Å². The van der Waals surface area contributed by atoms with Crippen molar-refractivity contribution in [2.45, 2.75) is 25.8 Å². The topological polar surface area (TPSA) is 24.9 Å². The molecule has 1 atom stereocenters. The highest BCUT2D eigenvalue weighted by Gasteiger charge is 2.15. The van der Waals surface area contributed by atoms with Crippen LogP contribution in [0.25, 0.3) is 0 Å². The third-order valence-corrected chi connectivity index (χ3v) is 3.58. The van der Waals surface area contributed by atoms with Gasteiger partial charge in [-0.1, -0.05) is 19.1 Å². The van der Waals surface area contributed by atoms with Crippen molar-refractivity contribution in [2.75, 3.05) is 7.05 Å². The van der Waals surface area contributed by atoms with Gasteiger partial charge >= 0.3 is 0 Å². The third-order valence-electron chi connectivity index (χ3n) is 2.51. The molecule has 0 radical (unpaired) electrons. The molecule has 0 aliphatic rings. The van der Waals surface area contributed by atoms with E-state index in [1.54, 1.807) is 0 Å². The van der Waals surface area contributed by atoms with E-state index < -0.39 is 0 Å². The predicted molar refractivity (Wildman–Crippen MR) is 75.5 cm³/mol. The normalized spacial score (nSPS) is 12.5. The summed E-state index contributed by atoms with van der Waals surface area (Å²) < 4.78 is 2.00. The van der Waals surface area contributed by atoms with Gasteiger partial charge in [-0.15, -0.1) is 0 Å². The zero-order valence-corrected chi connectivity index (χ0v) is 12.7. The van der Waals surface area contributed by atoms with E-state index in [4.69, 9.17) is 0 Å². The van der Waals surface area contributed by atoms with Gasteiger partial charge in [0.15, 0.2) is 0 Å². The van der Waals surface area contributed by atoms with Gasteiger partial charge < -0.3 is 5.32 Å². The standard InChI is InChI=1S/C12H16Br2N2/c1-4-8(2)5-11(15-3)12-10(14)6-9(13)7-16-12/h6-7,11,15H,2,4-5H2,1,3H3. The van der Waals surface area contributed by atoms with E-state index in [9.17, 15) is 0 Å². The SMILES string of the molecule is C=C(CC)CC(NC)c1ncc(Br)cc1Br. The van der Waals surface area contributed by atoms with Crippen molar-refractivity contribution in [3.8, 4) is 0 Å². The zero-order chi connectivity index (χ0) is 12.1.